The number of likely N-dealkylation sites (tertiary alicyclic amines) is 1. The van der Waals surface area contributed by atoms with Gasteiger partial charge in [-0.05, 0) is 71.9 Å². The fourth-order valence-electron chi connectivity index (χ4n) is 3.98. The number of nitriles is 1. The maximum Gasteiger partial charge on any atom is 0.108 e. The van der Waals surface area contributed by atoms with E-state index in [1.165, 1.54) is 32.2 Å². The molecule has 0 spiro atoms. The lowest BCUT2D eigenvalue weighted by Crippen LogP contribution is -2.55. The van der Waals surface area contributed by atoms with Crippen LogP contribution in [0.2, 0.25) is 0 Å². The minimum absolute atomic E-state index is 0.266. The third-order valence-electron chi connectivity index (χ3n) is 5.06. The zero-order chi connectivity index (χ0) is 13.9. The van der Waals surface area contributed by atoms with Crippen molar-refractivity contribution >= 4 is 0 Å². The maximum atomic E-state index is 9.63. The second-order valence-corrected chi connectivity index (χ2v) is 6.98. The van der Waals surface area contributed by atoms with Gasteiger partial charge in [0.25, 0.3) is 0 Å². The second-order valence-electron chi connectivity index (χ2n) is 6.98. The van der Waals surface area contributed by atoms with Crippen molar-refractivity contribution in [2.24, 2.45) is 0 Å². The van der Waals surface area contributed by atoms with Crippen LogP contribution in [0.1, 0.15) is 65.7 Å². The highest BCUT2D eigenvalue weighted by molar-refractivity contribution is 5.12. The molecular weight excluding hydrogens is 234 g/mol. The van der Waals surface area contributed by atoms with Gasteiger partial charge in [-0.25, -0.2) is 0 Å². The van der Waals surface area contributed by atoms with Crippen molar-refractivity contribution in [1.29, 1.82) is 5.26 Å². The first-order valence-electron chi connectivity index (χ1n) is 7.96. The first-order chi connectivity index (χ1) is 9.03. The molecule has 1 N–H and O–H groups in total. The summed E-state index contributed by atoms with van der Waals surface area (Å²) in [6.07, 6.45) is 8.18. The lowest BCUT2D eigenvalue weighted by Gasteiger charge is -2.45. The molecule has 3 heteroatoms. The second kappa shape index (κ2) is 5.81. The molecule has 1 heterocycles. The van der Waals surface area contributed by atoms with E-state index in [-0.39, 0.29) is 5.54 Å². The summed E-state index contributed by atoms with van der Waals surface area (Å²) in [6.45, 7) is 9.07. The van der Waals surface area contributed by atoms with Gasteiger partial charge < -0.3 is 0 Å². The Morgan fingerprint density at radius 3 is 2.68 bits per heavy atom. The Hall–Kier alpha value is -0.590. The van der Waals surface area contributed by atoms with Crippen molar-refractivity contribution in [3.8, 4) is 6.07 Å². The summed E-state index contributed by atoms with van der Waals surface area (Å²) in [5.74, 6) is 0. The molecule has 1 saturated heterocycles. The van der Waals surface area contributed by atoms with Crippen LogP contribution in [0.15, 0.2) is 0 Å². The predicted molar refractivity (Wildman–Crippen MR) is 78.9 cm³/mol. The third kappa shape index (κ3) is 3.12. The molecule has 0 radical (unpaired) electrons. The van der Waals surface area contributed by atoms with Crippen molar-refractivity contribution in [3.63, 3.8) is 0 Å². The number of hydrogen-bond donors (Lipinski definition) is 1. The largest absolute Gasteiger partial charge is 0.299 e. The molecule has 2 fully saturated rings. The quantitative estimate of drug-likeness (QED) is 0.847. The van der Waals surface area contributed by atoms with E-state index >= 15 is 0 Å². The fraction of sp³-hybridized carbons (Fsp3) is 0.938. The smallest absolute Gasteiger partial charge is 0.108 e. The molecule has 0 aromatic carbocycles. The van der Waals surface area contributed by atoms with E-state index in [0.717, 1.165) is 25.8 Å². The van der Waals surface area contributed by atoms with Gasteiger partial charge in [-0.2, -0.15) is 5.26 Å². The predicted octanol–water partition coefficient (Wildman–Crippen LogP) is 3.07. The summed E-state index contributed by atoms with van der Waals surface area (Å²) in [5, 5.41) is 13.2. The Bertz CT molecular complexity index is 344. The Kier molecular flexibility index (Phi) is 4.53. The highest BCUT2D eigenvalue weighted by Crippen LogP contribution is 2.38. The topological polar surface area (TPSA) is 39.1 Å². The van der Waals surface area contributed by atoms with Gasteiger partial charge in [0.1, 0.15) is 5.54 Å². The van der Waals surface area contributed by atoms with Crippen LogP contribution in [0.4, 0.5) is 0 Å². The van der Waals surface area contributed by atoms with Gasteiger partial charge in [0.05, 0.1) is 6.07 Å². The van der Waals surface area contributed by atoms with Crippen LogP contribution < -0.4 is 5.32 Å². The van der Waals surface area contributed by atoms with Crippen LogP contribution in [-0.2, 0) is 0 Å². The Morgan fingerprint density at radius 2 is 2.11 bits per heavy atom. The molecule has 0 aromatic rings. The molecule has 0 aromatic heterocycles. The van der Waals surface area contributed by atoms with Crippen molar-refractivity contribution < 1.29 is 0 Å². The van der Waals surface area contributed by atoms with E-state index in [1.54, 1.807) is 0 Å². The SMILES string of the molecule is CCCNC1(C#N)CCCC(N2CCCC2(C)C)C1. The van der Waals surface area contributed by atoms with E-state index < -0.39 is 0 Å². The molecule has 3 nitrogen and oxygen atoms in total. The minimum atomic E-state index is -0.266. The summed E-state index contributed by atoms with van der Waals surface area (Å²) in [7, 11) is 0. The fourth-order valence-corrected chi connectivity index (χ4v) is 3.98. The molecule has 2 atom stereocenters. The van der Waals surface area contributed by atoms with Crippen LogP contribution in [0, 0.1) is 11.3 Å². The first-order valence-corrected chi connectivity index (χ1v) is 7.96. The summed E-state index contributed by atoms with van der Waals surface area (Å²) >= 11 is 0. The van der Waals surface area contributed by atoms with Crippen molar-refractivity contribution in [2.75, 3.05) is 13.1 Å². The Balaban J connectivity index is 2.06. The van der Waals surface area contributed by atoms with Gasteiger partial charge in [-0.15, -0.1) is 0 Å². The zero-order valence-electron chi connectivity index (χ0n) is 12.8. The zero-order valence-corrected chi connectivity index (χ0v) is 12.8. The van der Waals surface area contributed by atoms with Crippen LogP contribution >= 0.6 is 0 Å². The molecule has 2 unspecified atom stereocenters. The number of rotatable bonds is 4. The van der Waals surface area contributed by atoms with Crippen molar-refractivity contribution in [2.45, 2.75) is 82.8 Å². The van der Waals surface area contributed by atoms with Crippen LogP contribution in [-0.4, -0.2) is 35.1 Å². The average Bonchev–Trinajstić information content (AvgIpc) is 2.76. The summed E-state index contributed by atoms with van der Waals surface area (Å²) in [4.78, 5) is 2.67. The minimum Gasteiger partial charge on any atom is -0.299 e. The molecular formula is C16H29N3. The van der Waals surface area contributed by atoms with Crippen LogP contribution in [0.5, 0.6) is 0 Å². The average molecular weight is 263 g/mol. The van der Waals surface area contributed by atoms with Gasteiger partial charge in [-0.1, -0.05) is 6.92 Å². The number of nitrogens with one attached hydrogen (secondary N) is 1. The molecule has 2 aliphatic rings. The highest BCUT2D eigenvalue weighted by Gasteiger charge is 2.43. The van der Waals surface area contributed by atoms with Crippen LogP contribution in [0.25, 0.3) is 0 Å². The molecule has 0 amide bonds. The number of hydrogen-bond acceptors (Lipinski definition) is 3. The van der Waals surface area contributed by atoms with Gasteiger partial charge in [-0.3, -0.25) is 10.2 Å². The maximum absolute atomic E-state index is 9.63. The van der Waals surface area contributed by atoms with Gasteiger partial charge in [0.2, 0.25) is 0 Å². The lowest BCUT2D eigenvalue weighted by molar-refractivity contribution is 0.0676. The van der Waals surface area contributed by atoms with Gasteiger partial charge >= 0.3 is 0 Å². The summed E-state index contributed by atoms with van der Waals surface area (Å²) in [5.41, 5.74) is 0.0611. The monoisotopic (exact) mass is 263 g/mol. The van der Waals surface area contributed by atoms with Crippen molar-refractivity contribution in [1.82, 2.24) is 10.2 Å². The molecule has 0 bridgehead atoms. The lowest BCUT2D eigenvalue weighted by atomic mass is 9.78. The highest BCUT2D eigenvalue weighted by atomic mass is 15.2. The van der Waals surface area contributed by atoms with E-state index in [1.807, 2.05) is 0 Å². The number of nitrogens with zero attached hydrogens (tertiary/aromatic N) is 2. The first kappa shape index (κ1) is 14.8. The Morgan fingerprint density at radius 1 is 1.32 bits per heavy atom. The summed E-state index contributed by atoms with van der Waals surface area (Å²) < 4.78 is 0. The van der Waals surface area contributed by atoms with E-state index in [9.17, 15) is 5.26 Å². The third-order valence-corrected chi connectivity index (χ3v) is 5.06. The standard InChI is InChI=1S/C16H29N3/c1-4-10-18-16(13-17)9-5-7-14(12-16)19-11-6-8-15(19,2)3/h14,18H,4-12H2,1-3H3. The van der Waals surface area contributed by atoms with E-state index in [0.29, 0.717) is 11.6 Å². The Labute approximate surface area is 118 Å². The van der Waals surface area contributed by atoms with E-state index in [4.69, 9.17) is 0 Å². The van der Waals surface area contributed by atoms with Gasteiger partial charge in [0.15, 0.2) is 0 Å². The molecule has 1 saturated carbocycles. The summed E-state index contributed by atoms with van der Waals surface area (Å²) in [6, 6.07) is 3.19. The van der Waals surface area contributed by atoms with E-state index in [2.05, 4.69) is 37.1 Å². The molecule has 1 aliphatic carbocycles. The molecule has 19 heavy (non-hydrogen) atoms. The van der Waals surface area contributed by atoms with Gasteiger partial charge in [0, 0.05) is 11.6 Å². The van der Waals surface area contributed by atoms with Crippen molar-refractivity contribution in [3.05, 3.63) is 0 Å². The molecule has 1 aliphatic heterocycles. The normalized spacial score (nSPS) is 35.2. The van der Waals surface area contributed by atoms with Crippen LogP contribution in [0.3, 0.4) is 0 Å². The molecule has 2 rings (SSSR count). The molecule has 108 valence electrons.